The number of nitrogens with zero attached hydrogens (tertiary/aromatic N) is 9. The number of nitrogens with one attached hydrogen (secondary N) is 3. The molecule has 3 saturated carbocycles. The third-order valence-corrected chi connectivity index (χ3v) is 25.1. The minimum atomic E-state index is -4.59. The number of nitrogens with two attached hydrogens (primary N) is 5. The van der Waals surface area contributed by atoms with Gasteiger partial charge in [-0.25, -0.2) is 57.4 Å². The highest BCUT2D eigenvalue weighted by molar-refractivity contribution is 9.10. The average molecular weight is 1930 g/mol. The maximum Gasteiger partial charge on any atom is 0.416 e. The summed E-state index contributed by atoms with van der Waals surface area (Å²) in [5.41, 5.74) is 37.3. The number of morpholine rings is 1. The summed E-state index contributed by atoms with van der Waals surface area (Å²) in [7, 11) is 0. The van der Waals surface area contributed by atoms with Crippen LogP contribution in [0.5, 0.6) is 0 Å². The molecule has 6 fully saturated rings. The van der Waals surface area contributed by atoms with Gasteiger partial charge in [0.1, 0.15) is 75.4 Å². The van der Waals surface area contributed by atoms with E-state index in [0.717, 1.165) is 130 Å². The van der Waals surface area contributed by atoms with Crippen molar-refractivity contribution in [1.29, 1.82) is 0 Å². The Bertz CT molecular complexity index is 6080. The number of hydrogen-bond donors (Lipinski definition) is 12. The number of ether oxygens (including phenoxy) is 3. The van der Waals surface area contributed by atoms with E-state index in [4.69, 9.17) is 47.9 Å². The normalized spacial score (nSPS) is 18.7. The van der Waals surface area contributed by atoms with Gasteiger partial charge in [-0.1, -0.05) is 101 Å². The maximum atomic E-state index is 15.0. The lowest BCUT2D eigenvalue weighted by Gasteiger charge is -2.36. The molecule has 6 aliphatic rings. The number of anilines is 4. The molecular formula is C100H105BrF7N17O11. The smallest absolute Gasteiger partial charge is 0.394 e. The lowest BCUT2D eigenvalue weighted by molar-refractivity contribution is -0.137. The van der Waals surface area contributed by atoms with Crippen LogP contribution in [0.25, 0.3) is 45.0 Å². The summed E-state index contributed by atoms with van der Waals surface area (Å²) >= 11 is 3.22. The molecule has 0 unspecified atom stereocenters. The summed E-state index contributed by atoms with van der Waals surface area (Å²) in [5, 5.41) is 46.2. The van der Waals surface area contributed by atoms with Crippen LogP contribution >= 0.6 is 15.9 Å². The van der Waals surface area contributed by atoms with Crippen molar-refractivity contribution in [3.63, 3.8) is 0 Å². The van der Waals surface area contributed by atoms with Crippen molar-refractivity contribution < 1.29 is 84.5 Å². The van der Waals surface area contributed by atoms with Gasteiger partial charge in [-0.3, -0.25) is 19.2 Å². The molecule has 11 aromatic rings. The number of benzene rings is 7. The number of rotatable bonds is 21. The van der Waals surface area contributed by atoms with Gasteiger partial charge in [0.05, 0.1) is 127 Å². The first kappa shape index (κ1) is 99.1. The van der Waals surface area contributed by atoms with Crippen LogP contribution in [-0.2, 0) is 20.4 Å². The molecule has 3 aliphatic carbocycles. The number of aliphatic hydroxyl groups excluding tert-OH is 4. The van der Waals surface area contributed by atoms with Gasteiger partial charge in [0, 0.05) is 101 Å². The van der Waals surface area contributed by atoms with Gasteiger partial charge in [0.2, 0.25) is 0 Å². The number of aliphatic hydroxyl groups is 4. The quantitative estimate of drug-likeness (QED) is 0.0235. The molecule has 36 heteroatoms. The van der Waals surface area contributed by atoms with E-state index in [1.54, 1.807) is 43.0 Å². The summed E-state index contributed by atoms with van der Waals surface area (Å²) in [6.45, 7) is 3.40. The largest absolute Gasteiger partial charge is 0.416 e. The Morgan fingerprint density at radius 3 is 1.32 bits per heavy atom. The van der Waals surface area contributed by atoms with Gasteiger partial charge in [-0.2, -0.15) is 13.2 Å². The maximum absolute atomic E-state index is 15.0. The van der Waals surface area contributed by atoms with Crippen LogP contribution in [0.3, 0.4) is 0 Å². The summed E-state index contributed by atoms with van der Waals surface area (Å²) in [5.74, 6) is 2.71. The van der Waals surface area contributed by atoms with Crippen LogP contribution in [-0.4, -0.2) is 173 Å². The van der Waals surface area contributed by atoms with Crippen LogP contribution in [0.2, 0.25) is 0 Å². The molecule has 4 aromatic heterocycles. The van der Waals surface area contributed by atoms with Crippen molar-refractivity contribution in [2.45, 2.75) is 156 Å². The first-order valence-corrected chi connectivity index (χ1v) is 45.8. The molecule has 17 N–H and O–H groups in total. The molecule has 3 saturated heterocycles. The zero-order valence-electron chi connectivity index (χ0n) is 74.1. The standard InChI is InChI=1S/C26H26F4N4O3.C26H28N4O3.C25H26BrF2N5O2.C23H25FN4O3/c27-20-11-16(23-24(31)32-12-21(33-23)14-4-7-18(36)8-5-14)6-9-19(20)25(37)34-22(13-35)15-2-1-3-17(10-15)26(28,29)30;27-25-24(29-22(16-28-25)18-10-13-32-14-11-18)20-6-8-21(9-7-20)26(31)30-12-15-33-17-23(30)19-4-2-1-3-5-19;26-16-7-15(8-17(27)10-16)21(11-29)33-25(35)19-6-3-14(9-20(19)28)23-24(30)31-12-22(32-23)13-1-4-18(34)5-2-13;24-19-11-16(21-22(25)26-12-20(28-21)15-7-9-31-10-8-15)4-6-18(19)23(30)27-17(13-29)5-3-14-1-2-14/h1-3,6,9-12,14,18,22,35-36H,4-5,7-8,13H2,(H2,31,32)(H,34,37);1-9,16,18,23H,10-15,17H2,(H2,27,28);3,6-10,12-13,18,21,34H,1-2,4-5,11,29H2,(H2,30,31)(H,33,35);4,6,11-12,14-15,17,29H,1-2,7-10,13H2,(H2,25,26)(H,27,30)/t14?,18?,22-;23-;13?,18?,21-;17-/m1110/s1. The molecule has 4 amide bonds. The fourth-order valence-electron chi connectivity index (χ4n) is 16.8. The lowest BCUT2D eigenvalue weighted by atomic mass is 9.85. The number of alkyl halides is 3. The second-order valence-corrected chi connectivity index (χ2v) is 35.0. The molecule has 17 rings (SSSR count). The van der Waals surface area contributed by atoms with Gasteiger partial charge >= 0.3 is 6.18 Å². The molecule has 0 radical (unpaired) electrons. The van der Waals surface area contributed by atoms with E-state index in [0.29, 0.717) is 131 Å². The monoisotopic (exact) mass is 1930 g/mol. The Morgan fingerprint density at radius 2 is 0.904 bits per heavy atom. The third kappa shape index (κ3) is 25.7. The number of carbonyl (C=O) groups excluding carboxylic acids is 4. The predicted molar refractivity (Wildman–Crippen MR) is 499 cm³/mol. The van der Waals surface area contributed by atoms with Crippen molar-refractivity contribution >= 4 is 62.8 Å². The molecule has 7 heterocycles. The summed E-state index contributed by atoms with van der Waals surface area (Å²) < 4.78 is 115. The van der Waals surface area contributed by atoms with E-state index in [9.17, 15) is 61.6 Å². The summed E-state index contributed by atoms with van der Waals surface area (Å²) in [6.07, 6.45) is 12.8. The Hall–Kier alpha value is -12.8. The van der Waals surface area contributed by atoms with Crippen molar-refractivity contribution in [3.05, 3.63) is 271 Å². The Labute approximate surface area is 788 Å². The molecule has 28 nitrogen and oxygen atoms in total. The van der Waals surface area contributed by atoms with E-state index in [1.165, 1.54) is 54.6 Å². The van der Waals surface area contributed by atoms with Gasteiger partial charge in [0.25, 0.3) is 23.6 Å². The molecule has 3 aliphatic heterocycles. The van der Waals surface area contributed by atoms with Crippen LogP contribution in [0.1, 0.15) is 218 Å². The van der Waals surface area contributed by atoms with E-state index in [1.807, 2.05) is 59.5 Å². The first-order chi connectivity index (χ1) is 65.6. The van der Waals surface area contributed by atoms with Gasteiger partial charge in [0.15, 0.2) is 0 Å². The van der Waals surface area contributed by atoms with E-state index in [2.05, 4.69) is 78.6 Å². The average Bonchev–Trinajstić information content (AvgIpc) is 0.969. The Balaban J connectivity index is 0.000000145. The fraction of sp³-hybridized carbons (Fsp3) is 0.360. The topological polar surface area (TPSA) is 449 Å². The highest BCUT2D eigenvalue weighted by Gasteiger charge is 2.35. The minimum absolute atomic E-state index is 0.00154. The molecular weight excluding hydrogens is 1830 g/mol. The van der Waals surface area contributed by atoms with Crippen molar-refractivity contribution in [1.82, 2.24) is 60.7 Å². The predicted octanol–water partition coefficient (Wildman–Crippen LogP) is 14.7. The summed E-state index contributed by atoms with van der Waals surface area (Å²) in [6, 6.07) is 35.2. The molecule has 136 heavy (non-hydrogen) atoms. The van der Waals surface area contributed by atoms with Crippen molar-refractivity contribution in [2.24, 2.45) is 11.7 Å². The third-order valence-electron chi connectivity index (χ3n) is 24.7. The zero-order valence-corrected chi connectivity index (χ0v) is 75.7. The minimum Gasteiger partial charge on any atom is -0.394 e. The van der Waals surface area contributed by atoms with Crippen LogP contribution in [0.15, 0.2) is 181 Å². The van der Waals surface area contributed by atoms with Crippen LogP contribution in [0, 0.1) is 41.0 Å². The summed E-state index contributed by atoms with van der Waals surface area (Å²) in [4.78, 5) is 89.0. The molecule has 0 spiro atoms. The number of halogens is 8. The second-order valence-electron chi connectivity index (χ2n) is 34.1. The van der Waals surface area contributed by atoms with Crippen LogP contribution < -0.4 is 44.6 Å². The SMILES string of the molecule is NC[C@@H](NC(=O)c1ccc(-c2nc(C3CCC(O)CC3)cnc2N)cc1F)c1cc(F)cc(Br)c1.Nc1ncc(C2CCC(O)CC2)nc1-c1ccc(C(=O)N[C@H](CO)c2cccc(C(F)(F)F)c2)c(F)c1.Nc1ncc(C2CCOCC2)nc1-c1ccc(C(=O)N2CCOC[C@@H]2c2ccccc2)cc1.Nc1ncc(C2CCOCC2)nc1-c1ccc(C(=O)N[C@@H](C#CC2CC2)CO)c(F)c1. The van der Waals surface area contributed by atoms with Crippen LogP contribution in [0.4, 0.5) is 54.0 Å². The Morgan fingerprint density at radius 1 is 0.471 bits per heavy atom. The van der Waals surface area contributed by atoms with Gasteiger partial charge in [-0.15, -0.1) is 0 Å². The molecule has 712 valence electrons. The lowest BCUT2D eigenvalue weighted by Crippen LogP contribution is -2.43. The van der Waals surface area contributed by atoms with Gasteiger partial charge < -0.3 is 84.2 Å². The number of nitrogen functional groups attached to an aromatic ring is 4. The second kappa shape index (κ2) is 46.1. The van der Waals surface area contributed by atoms with Crippen molar-refractivity contribution in [2.75, 3.05) is 88.9 Å². The highest BCUT2D eigenvalue weighted by Crippen LogP contribution is 2.40. The number of hydrogen-bond acceptors (Lipinski definition) is 24. The van der Waals surface area contributed by atoms with Crippen molar-refractivity contribution in [3.8, 4) is 56.9 Å². The molecule has 7 aromatic carbocycles. The molecule has 4 atom stereocenters. The zero-order chi connectivity index (χ0) is 96.3. The molecule has 0 bridgehead atoms. The highest BCUT2D eigenvalue weighted by atomic mass is 79.9. The van der Waals surface area contributed by atoms with E-state index < -0.39 is 77.5 Å². The van der Waals surface area contributed by atoms with E-state index >= 15 is 8.78 Å². The number of aromatic nitrogens is 8. The number of carbonyl (C=O) groups is 4. The van der Waals surface area contributed by atoms with E-state index in [-0.39, 0.29) is 100 Å². The fourth-order valence-corrected chi connectivity index (χ4v) is 17.3. The first-order valence-electron chi connectivity index (χ1n) is 45.0. The van der Waals surface area contributed by atoms with Gasteiger partial charge in [-0.05, 0) is 185 Å². The number of amides is 4. The Kier molecular flexibility index (Phi) is 33.6.